The van der Waals surface area contributed by atoms with E-state index in [0.717, 1.165) is 0 Å². The molecule has 2 heterocycles. The standard InChI is InChI=1S/C11H18N4O3/c1-7-6-18-8(5-16)4-15(7)11(17)9-3-13-14(2)10(9)12/h3,7-8,16H,4-6,12H2,1-2H3. The van der Waals surface area contributed by atoms with Crippen LogP contribution in [0.2, 0.25) is 0 Å². The highest BCUT2D eigenvalue weighted by Gasteiger charge is 2.31. The molecule has 1 fully saturated rings. The minimum absolute atomic E-state index is 0.0418. The van der Waals surface area contributed by atoms with Crippen LogP contribution in [0.5, 0.6) is 0 Å². The predicted octanol–water partition coefficient (Wildman–Crippen LogP) is -0.776. The van der Waals surface area contributed by atoms with Gasteiger partial charge in [0, 0.05) is 13.6 Å². The van der Waals surface area contributed by atoms with Gasteiger partial charge in [0.2, 0.25) is 0 Å². The average Bonchev–Trinajstić information content (AvgIpc) is 2.70. The molecule has 1 aliphatic rings. The van der Waals surface area contributed by atoms with E-state index in [1.807, 2.05) is 6.92 Å². The number of nitrogens with two attached hydrogens (primary N) is 1. The first-order valence-electron chi connectivity index (χ1n) is 5.85. The van der Waals surface area contributed by atoms with Crippen molar-refractivity contribution < 1.29 is 14.6 Å². The van der Waals surface area contributed by atoms with E-state index in [0.29, 0.717) is 24.5 Å². The molecule has 1 saturated heterocycles. The van der Waals surface area contributed by atoms with E-state index in [4.69, 9.17) is 15.6 Å². The van der Waals surface area contributed by atoms with E-state index >= 15 is 0 Å². The predicted molar refractivity (Wildman–Crippen MR) is 64.9 cm³/mol. The fourth-order valence-corrected chi connectivity index (χ4v) is 1.98. The van der Waals surface area contributed by atoms with Gasteiger partial charge in [-0.3, -0.25) is 9.48 Å². The lowest BCUT2D eigenvalue weighted by Gasteiger charge is -2.37. The van der Waals surface area contributed by atoms with Crippen molar-refractivity contribution in [1.82, 2.24) is 14.7 Å². The number of morpholine rings is 1. The molecule has 0 radical (unpaired) electrons. The Morgan fingerprint density at radius 2 is 2.44 bits per heavy atom. The van der Waals surface area contributed by atoms with E-state index in [1.165, 1.54) is 10.9 Å². The summed E-state index contributed by atoms with van der Waals surface area (Å²) in [7, 11) is 1.69. The van der Waals surface area contributed by atoms with Crippen molar-refractivity contribution in [2.24, 2.45) is 7.05 Å². The zero-order valence-corrected chi connectivity index (χ0v) is 10.5. The summed E-state index contributed by atoms with van der Waals surface area (Å²) in [6, 6.07) is -0.0418. The number of aryl methyl sites for hydroxylation is 1. The number of aromatic nitrogens is 2. The van der Waals surface area contributed by atoms with Crippen molar-refractivity contribution in [2.45, 2.75) is 19.1 Å². The summed E-state index contributed by atoms with van der Waals surface area (Å²) < 4.78 is 6.86. The highest BCUT2D eigenvalue weighted by molar-refractivity contribution is 5.98. The van der Waals surface area contributed by atoms with Gasteiger partial charge in [-0.05, 0) is 6.92 Å². The minimum Gasteiger partial charge on any atom is -0.394 e. The lowest BCUT2D eigenvalue weighted by Crippen LogP contribution is -2.52. The lowest BCUT2D eigenvalue weighted by molar-refractivity contribution is -0.0667. The molecule has 100 valence electrons. The molecule has 0 aromatic carbocycles. The number of carbonyl (C=O) groups excluding carboxylic acids is 1. The van der Waals surface area contributed by atoms with Crippen LogP contribution in [0.25, 0.3) is 0 Å². The van der Waals surface area contributed by atoms with Crippen molar-refractivity contribution in [1.29, 1.82) is 0 Å². The minimum atomic E-state index is -0.331. The molecule has 7 nitrogen and oxygen atoms in total. The SMILES string of the molecule is CC1COC(CO)CN1C(=O)c1cnn(C)c1N. The van der Waals surface area contributed by atoms with Crippen LogP contribution in [0, 0.1) is 0 Å². The van der Waals surface area contributed by atoms with Crippen molar-refractivity contribution in [3.05, 3.63) is 11.8 Å². The molecule has 3 N–H and O–H groups in total. The number of amides is 1. The zero-order chi connectivity index (χ0) is 13.3. The Labute approximate surface area is 105 Å². The lowest BCUT2D eigenvalue weighted by atomic mass is 10.1. The number of hydrogen-bond acceptors (Lipinski definition) is 5. The summed E-state index contributed by atoms with van der Waals surface area (Å²) in [6.45, 7) is 2.58. The molecule has 18 heavy (non-hydrogen) atoms. The monoisotopic (exact) mass is 254 g/mol. The molecule has 1 aliphatic heterocycles. The summed E-state index contributed by atoms with van der Waals surface area (Å²) in [5, 5.41) is 13.1. The number of rotatable bonds is 2. The Morgan fingerprint density at radius 1 is 1.72 bits per heavy atom. The van der Waals surface area contributed by atoms with Gasteiger partial charge in [0.05, 0.1) is 31.6 Å². The molecular weight excluding hydrogens is 236 g/mol. The number of aliphatic hydroxyl groups is 1. The third kappa shape index (κ3) is 2.19. The number of anilines is 1. The molecule has 2 rings (SSSR count). The van der Waals surface area contributed by atoms with Crippen LogP contribution >= 0.6 is 0 Å². The molecule has 0 aliphatic carbocycles. The zero-order valence-electron chi connectivity index (χ0n) is 10.5. The van der Waals surface area contributed by atoms with Gasteiger partial charge < -0.3 is 20.5 Å². The summed E-state index contributed by atoms with van der Waals surface area (Å²) in [5.41, 5.74) is 6.19. The Balaban J connectivity index is 2.19. The van der Waals surface area contributed by atoms with Gasteiger partial charge in [0.1, 0.15) is 11.4 Å². The average molecular weight is 254 g/mol. The molecule has 7 heteroatoms. The summed E-state index contributed by atoms with van der Waals surface area (Å²) in [4.78, 5) is 14.0. The van der Waals surface area contributed by atoms with Crippen LogP contribution in [0.1, 0.15) is 17.3 Å². The second kappa shape index (κ2) is 4.95. The Kier molecular flexibility index (Phi) is 3.53. The fourth-order valence-electron chi connectivity index (χ4n) is 1.98. The molecule has 0 bridgehead atoms. The maximum Gasteiger partial charge on any atom is 0.259 e. The normalized spacial score (nSPS) is 24.3. The van der Waals surface area contributed by atoms with E-state index in [1.54, 1.807) is 11.9 Å². The van der Waals surface area contributed by atoms with Crippen LogP contribution < -0.4 is 5.73 Å². The van der Waals surface area contributed by atoms with Crippen molar-refractivity contribution >= 4 is 11.7 Å². The molecule has 2 atom stereocenters. The number of carbonyl (C=O) groups is 1. The van der Waals surface area contributed by atoms with Gasteiger partial charge in [-0.15, -0.1) is 0 Å². The van der Waals surface area contributed by atoms with E-state index in [9.17, 15) is 4.79 Å². The molecule has 1 aromatic rings. The third-order valence-corrected chi connectivity index (χ3v) is 3.19. The van der Waals surface area contributed by atoms with E-state index < -0.39 is 0 Å². The first kappa shape index (κ1) is 12.8. The largest absolute Gasteiger partial charge is 0.394 e. The van der Waals surface area contributed by atoms with Gasteiger partial charge in [-0.25, -0.2) is 0 Å². The third-order valence-electron chi connectivity index (χ3n) is 3.19. The Hall–Kier alpha value is -1.60. The van der Waals surface area contributed by atoms with E-state index in [2.05, 4.69) is 5.10 Å². The maximum atomic E-state index is 12.4. The van der Waals surface area contributed by atoms with Crippen LogP contribution in [-0.4, -0.2) is 57.6 Å². The maximum absolute atomic E-state index is 12.4. The van der Waals surface area contributed by atoms with Crippen LogP contribution in [0.4, 0.5) is 5.82 Å². The molecule has 1 aromatic heterocycles. The first-order chi connectivity index (χ1) is 8.54. The number of hydrogen-bond donors (Lipinski definition) is 2. The fraction of sp³-hybridized carbons (Fsp3) is 0.636. The Bertz CT molecular complexity index is 445. The van der Waals surface area contributed by atoms with Crippen LogP contribution in [0.3, 0.4) is 0 Å². The number of nitrogens with zero attached hydrogens (tertiary/aromatic N) is 3. The second-order valence-corrected chi connectivity index (χ2v) is 4.51. The highest BCUT2D eigenvalue weighted by atomic mass is 16.5. The molecule has 1 amide bonds. The van der Waals surface area contributed by atoms with E-state index in [-0.39, 0.29) is 24.7 Å². The van der Waals surface area contributed by atoms with Gasteiger partial charge in [-0.2, -0.15) is 5.10 Å². The summed E-state index contributed by atoms with van der Waals surface area (Å²) in [5.74, 6) is 0.175. The molecule has 2 unspecified atom stereocenters. The Morgan fingerprint density at radius 3 is 3.00 bits per heavy atom. The molecular formula is C11H18N4O3. The van der Waals surface area contributed by atoms with Gasteiger partial charge >= 0.3 is 0 Å². The highest BCUT2D eigenvalue weighted by Crippen LogP contribution is 2.18. The first-order valence-corrected chi connectivity index (χ1v) is 5.85. The van der Waals surface area contributed by atoms with Gasteiger partial charge in [-0.1, -0.05) is 0 Å². The number of aliphatic hydroxyl groups excluding tert-OH is 1. The number of ether oxygens (including phenoxy) is 1. The summed E-state index contributed by atoms with van der Waals surface area (Å²) in [6.07, 6.45) is 1.14. The van der Waals surface area contributed by atoms with Crippen LogP contribution in [0.15, 0.2) is 6.20 Å². The number of nitrogen functional groups attached to an aromatic ring is 1. The topological polar surface area (TPSA) is 93.6 Å². The van der Waals surface area contributed by atoms with Gasteiger partial charge in [0.15, 0.2) is 0 Å². The smallest absolute Gasteiger partial charge is 0.259 e. The summed E-state index contributed by atoms with van der Waals surface area (Å²) >= 11 is 0. The molecule has 0 spiro atoms. The molecule has 0 saturated carbocycles. The second-order valence-electron chi connectivity index (χ2n) is 4.51. The quantitative estimate of drug-likeness (QED) is 0.722. The van der Waals surface area contributed by atoms with Crippen LogP contribution in [-0.2, 0) is 11.8 Å². The van der Waals surface area contributed by atoms with Crippen molar-refractivity contribution in [2.75, 3.05) is 25.5 Å². The van der Waals surface area contributed by atoms with Crippen molar-refractivity contribution in [3.8, 4) is 0 Å². The van der Waals surface area contributed by atoms with Crippen molar-refractivity contribution in [3.63, 3.8) is 0 Å². The van der Waals surface area contributed by atoms with Gasteiger partial charge in [0.25, 0.3) is 5.91 Å².